The molecule has 28 heavy (non-hydrogen) atoms. The number of H-pyrrole nitrogens is 1. The predicted molar refractivity (Wildman–Crippen MR) is 106 cm³/mol. The Morgan fingerprint density at radius 2 is 1.96 bits per heavy atom. The Labute approximate surface area is 162 Å². The Bertz CT molecular complexity index is 1080. The van der Waals surface area contributed by atoms with Gasteiger partial charge < -0.3 is 9.72 Å². The molecular weight excluding hydrogens is 358 g/mol. The summed E-state index contributed by atoms with van der Waals surface area (Å²) in [6.45, 7) is 5.78. The van der Waals surface area contributed by atoms with Gasteiger partial charge in [-0.15, -0.1) is 0 Å². The highest BCUT2D eigenvalue weighted by Crippen LogP contribution is 2.24. The summed E-state index contributed by atoms with van der Waals surface area (Å²) in [4.78, 5) is 40.4. The molecule has 7 nitrogen and oxygen atoms in total. The lowest BCUT2D eigenvalue weighted by molar-refractivity contribution is 0.0310. The summed E-state index contributed by atoms with van der Waals surface area (Å²) in [7, 11) is 0. The number of hydrogen-bond donors (Lipinski definition) is 1. The molecule has 0 radical (unpaired) electrons. The average Bonchev–Trinajstić information content (AvgIpc) is 3.02. The van der Waals surface area contributed by atoms with Gasteiger partial charge >= 0.3 is 5.97 Å². The van der Waals surface area contributed by atoms with E-state index < -0.39 is 12.1 Å². The number of para-hydroxylation sites is 1. The first kappa shape index (κ1) is 19.5. The van der Waals surface area contributed by atoms with Crippen molar-refractivity contribution < 1.29 is 14.3 Å². The van der Waals surface area contributed by atoms with Crippen molar-refractivity contribution in [3.63, 3.8) is 0 Å². The molecular formula is C21H23N3O4. The first-order valence-corrected chi connectivity index (χ1v) is 9.33. The number of esters is 1. The fourth-order valence-corrected chi connectivity index (χ4v) is 3.10. The van der Waals surface area contributed by atoms with Crippen LogP contribution in [-0.4, -0.2) is 32.6 Å². The molecule has 146 valence electrons. The number of aryl methyl sites for hydroxylation is 2. The monoisotopic (exact) mass is 381 g/mol. The number of hydrogen-bond acceptors (Lipinski definition) is 5. The lowest BCUT2D eigenvalue weighted by Gasteiger charge is -2.13. The number of ether oxygens (including phenoxy) is 1. The van der Waals surface area contributed by atoms with E-state index in [4.69, 9.17) is 4.74 Å². The maximum absolute atomic E-state index is 12.9. The van der Waals surface area contributed by atoms with Gasteiger partial charge in [-0.05, 0) is 32.4 Å². The van der Waals surface area contributed by atoms with Crippen LogP contribution in [0.3, 0.4) is 0 Å². The molecule has 0 aliphatic carbocycles. The fraction of sp³-hybridized carbons (Fsp3) is 0.333. The topological polar surface area (TPSA) is 94.1 Å². The lowest BCUT2D eigenvalue weighted by Crippen LogP contribution is -2.28. The zero-order valence-electron chi connectivity index (χ0n) is 16.2. The molecule has 1 aromatic carbocycles. The Morgan fingerprint density at radius 1 is 1.21 bits per heavy atom. The fourth-order valence-electron chi connectivity index (χ4n) is 3.10. The van der Waals surface area contributed by atoms with Crippen LogP contribution in [0.4, 0.5) is 0 Å². The molecule has 0 saturated heterocycles. The van der Waals surface area contributed by atoms with E-state index in [1.54, 1.807) is 0 Å². The number of benzene rings is 1. The number of nitrogens with zero attached hydrogens (tertiary/aromatic N) is 2. The van der Waals surface area contributed by atoms with Gasteiger partial charge in [-0.25, -0.2) is 9.48 Å². The maximum Gasteiger partial charge on any atom is 0.359 e. The van der Waals surface area contributed by atoms with E-state index in [1.165, 1.54) is 23.7 Å². The van der Waals surface area contributed by atoms with Crippen LogP contribution < -0.4 is 5.56 Å². The molecule has 0 saturated carbocycles. The first-order valence-electron chi connectivity index (χ1n) is 9.33. The third kappa shape index (κ3) is 3.88. The highest BCUT2D eigenvalue weighted by Gasteiger charge is 2.25. The SMILES string of the molecule is CCCCn1nc(C(=O)O[C@H](C)C(=O)c2c(C)[nH]c3ccccc23)ccc1=O. The van der Waals surface area contributed by atoms with Crippen molar-refractivity contribution in [1.29, 1.82) is 0 Å². The highest BCUT2D eigenvalue weighted by molar-refractivity contribution is 6.11. The van der Waals surface area contributed by atoms with Gasteiger partial charge in [0.25, 0.3) is 5.56 Å². The summed E-state index contributed by atoms with van der Waals surface area (Å²) in [6.07, 6.45) is 0.696. The number of ketones is 1. The van der Waals surface area contributed by atoms with Crippen LogP contribution in [0.15, 0.2) is 41.2 Å². The van der Waals surface area contributed by atoms with E-state index in [0.29, 0.717) is 12.1 Å². The molecule has 0 bridgehead atoms. The zero-order valence-corrected chi connectivity index (χ0v) is 16.2. The third-order valence-corrected chi connectivity index (χ3v) is 4.59. The van der Waals surface area contributed by atoms with Gasteiger partial charge in [0.15, 0.2) is 11.8 Å². The smallest absolute Gasteiger partial charge is 0.359 e. The van der Waals surface area contributed by atoms with Gasteiger partial charge in [0, 0.05) is 34.8 Å². The maximum atomic E-state index is 12.9. The second-order valence-corrected chi connectivity index (χ2v) is 6.72. The molecule has 3 aromatic rings. The number of unbranched alkanes of at least 4 members (excludes halogenated alkanes) is 1. The van der Waals surface area contributed by atoms with Gasteiger partial charge in [-0.3, -0.25) is 9.59 Å². The third-order valence-electron chi connectivity index (χ3n) is 4.59. The highest BCUT2D eigenvalue weighted by atomic mass is 16.5. The van der Waals surface area contributed by atoms with E-state index in [1.807, 2.05) is 38.1 Å². The Balaban J connectivity index is 1.79. The van der Waals surface area contributed by atoms with E-state index in [0.717, 1.165) is 29.4 Å². The Kier molecular flexibility index (Phi) is 5.73. The van der Waals surface area contributed by atoms with E-state index >= 15 is 0 Å². The molecule has 0 fully saturated rings. The van der Waals surface area contributed by atoms with Crippen LogP contribution in [-0.2, 0) is 11.3 Å². The first-order chi connectivity index (χ1) is 13.4. The number of aromatic nitrogens is 3. The van der Waals surface area contributed by atoms with Crippen molar-refractivity contribution in [2.24, 2.45) is 0 Å². The number of nitrogens with one attached hydrogen (secondary N) is 1. The van der Waals surface area contributed by atoms with Crippen LogP contribution in [0.25, 0.3) is 10.9 Å². The molecule has 0 aliphatic heterocycles. The largest absolute Gasteiger partial charge is 0.449 e. The molecule has 2 aromatic heterocycles. The number of fused-ring (bicyclic) bond motifs is 1. The predicted octanol–water partition coefficient (Wildman–Crippen LogP) is 3.26. The summed E-state index contributed by atoms with van der Waals surface area (Å²) >= 11 is 0. The normalized spacial score (nSPS) is 12.1. The second-order valence-electron chi connectivity index (χ2n) is 6.72. The molecule has 0 unspecified atom stereocenters. The number of aromatic amines is 1. The zero-order chi connectivity index (χ0) is 20.3. The molecule has 0 amide bonds. The summed E-state index contributed by atoms with van der Waals surface area (Å²) in [5.41, 5.74) is 1.82. The van der Waals surface area contributed by atoms with Crippen molar-refractivity contribution in [1.82, 2.24) is 14.8 Å². The molecule has 3 rings (SSSR count). The van der Waals surface area contributed by atoms with E-state index in [9.17, 15) is 14.4 Å². The van der Waals surface area contributed by atoms with Gasteiger partial charge in [0.1, 0.15) is 0 Å². The molecule has 1 atom stereocenters. The van der Waals surface area contributed by atoms with Crippen LogP contribution >= 0.6 is 0 Å². The van der Waals surface area contributed by atoms with Crippen LogP contribution in [0.2, 0.25) is 0 Å². The van der Waals surface area contributed by atoms with Gasteiger partial charge in [-0.1, -0.05) is 31.5 Å². The Morgan fingerprint density at radius 3 is 2.71 bits per heavy atom. The molecule has 1 N–H and O–H groups in total. The number of Topliss-reactive ketones (excluding diaryl/α,β-unsaturated/α-hetero) is 1. The molecule has 2 heterocycles. The van der Waals surface area contributed by atoms with Crippen LogP contribution in [0.1, 0.15) is 53.2 Å². The summed E-state index contributed by atoms with van der Waals surface area (Å²) in [5, 5.41) is 4.86. The summed E-state index contributed by atoms with van der Waals surface area (Å²) < 4.78 is 6.59. The standard InChI is InChI=1S/C21H23N3O4/c1-4-5-12-24-18(25)11-10-17(23-24)21(27)28-14(3)20(26)19-13(2)22-16-9-7-6-8-15(16)19/h6-11,14,22H,4-5,12H2,1-3H3/t14-/m1/s1. The van der Waals surface area contributed by atoms with Gasteiger partial charge in [0.05, 0.1) is 0 Å². The van der Waals surface area contributed by atoms with Crippen molar-refractivity contribution >= 4 is 22.7 Å². The molecule has 7 heteroatoms. The number of carbonyl (C=O) groups is 2. The van der Waals surface area contributed by atoms with E-state index in [2.05, 4.69) is 10.1 Å². The Hall–Kier alpha value is -3.22. The van der Waals surface area contributed by atoms with Gasteiger partial charge in [0.2, 0.25) is 5.78 Å². The van der Waals surface area contributed by atoms with Crippen LogP contribution in [0.5, 0.6) is 0 Å². The minimum Gasteiger partial charge on any atom is -0.449 e. The minimum absolute atomic E-state index is 0.00556. The van der Waals surface area contributed by atoms with Gasteiger partial charge in [-0.2, -0.15) is 5.10 Å². The van der Waals surface area contributed by atoms with E-state index in [-0.39, 0.29) is 17.0 Å². The summed E-state index contributed by atoms with van der Waals surface area (Å²) in [5.74, 6) is -1.02. The van der Waals surface area contributed by atoms with Crippen molar-refractivity contribution in [3.05, 3.63) is 63.7 Å². The lowest BCUT2D eigenvalue weighted by atomic mass is 10.0. The second kappa shape index (κ2) is 8.21. The molecule has 0 aliphatic rings. The van der Waals surface area contributed by atoms with Crippen molar-refractivity contribution in [2.75, 3.05) is 0 Å². The minimum atomic E-state index is -0.983. The average molecular weight is 381 g/mol. The van der Waals surface area contributed by atoms with Crippen LogP contribution in [0, 0.1) is 6.92 Å². The van der Waals surface area contributed by atoms with Crippen molar-refractivity contribution in [2.45, 2.75) is 46.3 Å². The summed E-state index contributed by atoms with van der Waals surface area (Å²) in [6, 6.07) is 10.1. The quantitative estimate of drug-likeness (QED) is 0.501. The number of carbonyl (C=O) groups excluding carboxylic acids is 2. The molecule has 0 spiro atoms. The van der Waals surface area contributed by atoms with Crippen molar-refractivity contribution in [3.8, 4) is 0 Å². The number of rotatable bonds is 7.